The molecule has 2 aliphatic heterocycles. The van der Waals surface area contributed by atoms with Gasteiger partial charge >= 0.3 is 6.09 Å². The van der Waals surface area contributed by atoms with Crippen LogP contribution in [0, 0.1) is 0 Å². The number of benzene rings is 2. The van der Waals surface area contributed by atoms with Crippen molar-refractivity contribution in [1.29, 1.82) is 0 Å². The Morgan fingerprint density at radius 2 is 1.73 bits per heavy atom. The van der Waals surface area contributed by atoms with Gasteiger partial charge in [-0.2, -0.15) is 17.6 Å². The van der Waals surface area contributed by atoms with Crippen LogP contribution >= 0.6 is 0 Å². The third-order valence-corrected chi connectivity index (χ3v) is 8.20. The summed E-state index contributed by atoms with van der Waals surface area (Å²) < 4.78 is 37.6. The molecule has 3 heterocycles. The molecule has 0 bridgehead atoms. The lowest BCUT2D eigenvalue weighted by atomic mass is 10.0. The van der Waals surface area contributed by atoms with Crippen LogP contribution in [-0.4, -0.2) is 61.5 Å². The lowest BCUT2D eigenvalue weighted by Crippen LogP contribution is -2.52. The highest BCUT2D eigenvalue weighted by molar-refractivity contribution is 7.89. The first-order chi connectivity index (χ1) is 17.8. The van der Waals surface area contributed by atoms with Crippen LogP contribution in [0.15, 0.2) is 65.8 Å². The van der Waals surface area contributed by atoms with Gasteiger partial charge in [0.2, 0.25) is 5.91 Å². The first-order valence-electron chi connectivity index (χ1n) is 12.1. The molecule has 37 heavy (non-hydrogen) atoms. The number of nitrogens with zero attached hydrogens (tertiary/aromatic N) is 4. The van der Waals surface area contributed by atoms with E-state index >= 15 is 0 Å². The highest BCUT2D eigenvalue weighted by Gasteiger charge is 2.35. The zero-order valence-corrected chi connectivity index (χ0v) is 21.4. The average molecular weight is 525 g/mol. The second kappa shape index (κ2) is 9.98. The van der Waals surface area contributed by atoms with Gasteiger partial charge in [-0.3, -0.25) is 9.69 Å². The average Bonchev–Trinajstić information content (AvgIpc) is 3.44. The number of amides is 2. The van der Waals surface area contributed by atoms with Crippen LogP contribution in [0.2, 0.25) is 0 Å². The minimum absolute atomic E-state index is 0.108. The maximum Gasteiger partial charge on any atom is 0.414 e. The normalized spacial score (nSPS) is 18.4. The fourth-order valence-electron chi connectivity index (χ4n) is 4.78. The zero-order chi connectivity index (χ0) is 26.2. The van der Waals surface area contributed by atoms with Crippen LogP contribution in [0.1, 0.15) is 26.7 Å². The first-order valence-corrected chi connectivity index (χ1v) is 13.5. The molecule has 11 heteroatoms. The highest BCUT2D eigenvalue weighted by atomic mass is 32.2. The van der Waals surface area contributed by atoms with E-state index in [1.165, 1.54) is 31.5 Å². The fourth-order valence-corrected chi connectivity index (χ4v) is 5.89. The molecule has 0 spiro atoms. The van der Waals surface area contributed by atoms with Crippen molar-refractivity contribution in [3.63, 3.8) is 0 Å². The Balaban J connectivity index is 1.48. The number of hydrogen-bond donors (Lipinski definition) is 0. The molecular formula is C26H28N4O6S. The number of anilines is 2. The second-order valence-electron chi connectivity index (χ2n) is 9.16. The Morgan fingerprint density at radius 3 is 2.38 bits per heavy atom. The molecule has 2 aliphatic rings. The molecule has 5 rings (SSSR count). The minimum Gasteiger partial charge on any atom is -0.446 e. The molecular weight excluding hydrogens is 496 g/mol. The summed E-state index contributed by atoms with van der Waals surface area (Å²) in [7, 11) is -3.78. The van der Waals surface area contributed by atoms with Crippen molar-refractivity contribution < 1.29 is 27.5 Å². The van der Waals surface area contributed by atoms with E-state index in [1.807, 2.05) is 25.1 Å². The van der Waals surface area contributed by atoms with Gasteiger partial charge in [-0.05, 0) is 48.4 Å². The van der Waals surface area contributed by atoms with Crippen molar-refractivity contribution in [2.24, 2.45) is 0 Å². The Hall–Kier alpha value is -3.70. The minimum atomic E-state index is -3.78. The highest BCUT2D eigenvalue weighted by Crippen LogP contribution is 2.39. The van der Waals surface area contributed by atoms with Crippen LogP contribution in [0.4, 0.5) is 16.2 Å². The lowest BCUT2D eigenvalue weighted by molar-refractivity contribution is -0.117. The van der Waals surface area contributed by atoms with E-state index in [2.05, 4.69) is 5.10 Å². The standard InChI is InChI=1S/C26H28N4O6S/c1-18-17-28(26(32)36-22-10-14-35-15-11-22)25-16-21(6-9-24(25)30(18)19(2)31)20-4-7-23(8-5-20)37(33,34)29-13-3-12-27-29/h3-9,12-13,16,18,22H,10-11,14-15,17H2,1-2H3/t18-/m0/s1. The summed E-state index contributed by atoms with van der Waals surface area (Å²) in [6, 6.07) is 13.3. The summed E-state index contributed by atoms with van der Waals surface area (Å²) in [5, 5.41) is 3.83. The molecule has 0 N–H and O–H groups in total. The molecule has 2 amide bonds. The molecule has 2 aromatic carbocycles. The van der Waals surface area contributed by atoms with Crippen molar-refractivity contribution in [3.05, 3.63) is 60.9 Å². The number of hydrogen-bond acceptors (Lipinski definition) is 7. The molecule has 194 valence electrons. The molecule has 1 fully saturated rings. The van der Waals surface area contributed by atoms with Crippen LogP contribution in [0.3, 0.4) is 0 Å². The SMILES string of the molecule is CC(=O)N1c2ccc(-c3ccc(S(=O)(=O)n4cccn4)cc3)cc2N(C(=O)OC2CCOCC2)C[C@@H]1C. The first kappa shape index (κ1) is 25.0. The van der Waals surface area contributed by atoms with Crippen molar-refractivity contribution in [2.45, 2.75) is 43.7 Å². The van der Waals surface area contributed by atoms with E-state index in [-0.39, 0.29) is 22.9 Å². The summed E-state index contributed by atoms with van der Waals surface area (Å²) in [5.41, 5.74) is 2.71. The Bertz CT molecular complexity index is 1400. The molecule has 0 unspecified atom stereocenters. The van der Waals surface area contributed by atoms with Crippen molar-refractivity contribution >= 4 is 33.4 Å². The largest absolute Gasteiger partial charge is 0.446 e. The van der Waals surface area contributed by atoms with Gasteiger partial charge in [0.25, 0.3) is 10.0 Å². The molecule has 3 aromatic rings. The van der Waals surface area contributed by atoms with Crippen molar-refractivity contribution in [2.75, 3.05) is 29.6 Å². The summed E-state index contributed by atoms with van der Waals surface area (Å²) >= 11 is 0. The third kappa shape index (κ3) is 4.84. The summed E-state index contributed by atoms with van der Waals surface area (Å²) in [4.78, 5) is 29.1. The number of carbonyl (C=O) groups is 2. The molecule has 1 aromatic heterocycles. The third-order valence-electron chi connectivity index (χ3n) is 6.62. The van der Waals surface area contributed by atoms with Crippen LogP contribution in [-0.2, 0) is 24.3 Å². The Labute approximate surface area is 215 Å². The Kier molecular flexibility index (Phi) is 6.74. The summed E-state index contributed by atoms with van der Waals surface area (Å²) in [6.45, 7) is 4.80. The number of aromatic nitrogens is 2. The van der Waals surface area contributed by atoms with Crippen LogP contribution < -0.4 is 9.80 Å². The van der Waals surface area contributed by atoms with Crippen LogP contribution in [0.25, 0.3) is 11.1 Å². The molecule has 0 aliphatic carbocycles. The molecule has 1 atom stereocenters. The molecule has 1 saturated heterocycles. The maximum atomic E-state index is 13.3. The van der Waals surface area contributed by atoms with E-state index in [0.29, 0.717) is 44.0 Å². The number of fused-ring (bicyclic) bond motifs is 1. The predicted octanol–water partition coefficient (Wildman–Crippen LogP) is 3.66. The number of rotatable bonds is 4. The van der Waals surface area contributed by atoms with E-state index in [9.17, 15) is 18.0 Å². The van der Waals surface area contributed by atoms with Crippen molar-refractivity contribution in [3.8, 4) is 11.1 Å². The molecule has 0 saturated carbocycles. The predicted molar refractivity (Wildman–Crippen MR) is 137 cm³/mol. The smallest absolute Gasteiger partial charge is 0.414 e. The lowest BCUT2D eigenvalue weighted by Gasteiger charge is -2.41. The van der Waals surface area contributed by atoms with E-state index in [1.54, 1.807) is 28.0 Å². The van der Waals surface area contributed by atoms with Gasteiger partial charge in [0.1, 0.15) is 6.10 Å². The van der Waals surface area contributed by atoms with E-state index < -0.39 is 16.1 Å². The topological polar surface area (TPSA) is 111 Å². The van der Waals surface area contributed by atoms with Gasteiger partial charge in [-0.1, -0.05) is 18.2 Å². The van der Waals surface area contributed by atoms with Gasteiger partial charge in [-0.25, -0.2) is 4.79 Å². The van der Waals surface area contributed by atoms with Gasteiger partial charge < -0.3 is 14.4 Å². The Morgan fingerprint density at radius 1 is 1.03 bits per heavy atom. The summed E-state index contributed by atoms with van der Waals surface area (Å²) in [6.07, 6.45) is 3.41. The van der Waals surface area contributed by atoms with E-state index in [4.69, 9.17) is 9.47 Å². The van der Waals surface area contributed by atoms with Gasteiger partial charge in [0, 0.05) is 32.5 Å². The molecule has 0 radical (unpaired) electrons. The zero-order valence-electron chi connectivity index (χ0n) is 20.6. The maximum absolute atomic E-state index is 13.3. The van der Waals surface area contributed by atoms with E-state index in [0.717, 1.165) is 15.2 Å². The van der Waals surface area contributed by atoms with Crippen molar-refractivity contribution in [1.82, 2.24) is 9.19 Å². The monoisotopic (exact) mass is 524 g/mol. The van der Waals surface area contributed by atoms with Gasteiger partial charge in [0.05, 0.1) is 41.7 Å². The number of ether oxygens (including phenoxy) is 2. The van der Waals surface area contributed by atoms with Crippen LogP contribution in [0.5, 0.6) is 0 Å². The number of carbonyl (C=O) groups excluding carboxylic acids is 2. The quantitative estimate of drug-likeness (QED) is 0.512. The second-order valence-corrected chi connectivity index (χ2v) is 11.0. The summed E-state index contributed by atoms with van der Waals surface area (Å²) in [5.74, 6) is -0.118. The van der Waals surface area contributed by atoms with Gasteiger partial charge in [0.15, 0.2) is 0 Å². The fraction of sp³-hybridized carbons (Fsp3) is 0.346. The molecule has 10 nitrogen and oxygen atoms in total. The van der Waals surface area contributed by atoms with Gasteiger partial charge in [-0.15, -0.1) is 0 Å².